The first-order valence-electron chi connectivity index (χ1n) is 16.8. The smallest absolute Gasteiger partial charge is 0.248 e. The Balaban J connectivity index is 1.35. The average Bonchev–Trinajstić information content (AvgIpc) is 3.38. The number of piperidine rings is 1. The van der Waals surface area contributed by atoms with E-state index in [1.807, 2.05) is 23.1 Å². The van der Waals surface area contributed by atoms with E-state index in [9.17, 15) is 14.9 Å². The van der Waals surface area contributed by atoms with Gasteiger partial charge >= 0.3 is 0 Å². The third-order valence-electron chi connectivity index (χ3n) is 11.0. The van der Waals surface area contributed by atoms with Gasteiger partial charge in [-0.25, -0.2) is 0 Å². The van der Waals surface area contributed by atoms with Crippen LogP contribution in [0.4, 0.5) is 0 Å². The van der Waals surface area contributed by atoms with Crippen LogP contribution in [0.3, 0.4) is 0 Å². The third-order valence-corrected chi connectivity index (χ3v) is 11.0. The molecule has 7 rings (SSSR count). The van der Waals surface area contributed by atoms with Crippen LogP contribution in [0.25, 0.3) is 5.70 Å². The number of primary amides is 1. The number of H-pyrrole nitrogens is 1. The molecule has 2 amide bonds. The number of carbonyl (C=O) groups excluding carboxylic acids is 2. The number of aromatic amines is 1. The Morgan fingerprint density at radius 3 is 2.37 bits per heavy atom. The largest absolute Gasteiger partial charge is 0.399 e. The number of benzene rings is 3. The summed E-state index contributed by atoms with van der Waals surface area (Å²) in [6, 6.07) is 21.8. The van der Waals surface area contributed by atoms with Gasteiger partial charge < -0.3 is 21.7 Å². The molecule has 1 saturated carbocycles. The number of nitrogens with two attached hydrogens (primary N) is 2. The van der Waals surface area contributed by atoms with Crippen molar-refractivity contribution < 1.29 is 9.59 Å². The molecular formula is C38H41N9O2. The maximum Gasteiger partial charge on any atom is 0.248 e. The number of fused-ring (bicyclic) bond motifs is 3. The molecule has 3 aliphatic rings. The van der Waals surface area contributed by atoms with Crippen LogP contribution in [0.2, 0.25) is 0 Å². The molecule has 2 fully saturated rings. The highest BCUT2D eigenvalue weighted by molar-refractivity contribution is 5.93. The van der Waals surface area contributed by atoms with Crippen LogP contribution in [0.1, 0.15) is 81.3 Å². The quantitative estimate of drug-likeness (QED) is 0.201. The minimum Gasteiger partial charge on any atom is -0.399 e. The van der Waals surface area contributed by atoms with Gasteiger partial charge in [-0.3, -0.25) is 9.59 Å². The van der Waals surface area contributed by atoms with Crippen LogP contribution in [0.15, 0.2) is 67.2 Å². The van der Waals surface area contributed by atoms with Crippen molar-refractivity contribution in [2.24, 2.45) is 17.4 Å². The van der Waals surface area contributed by atoms with E-state index in [4.69, 9.17) is 11.5 Å². The van der Waals surface area contributed by atoms with Gasteiger partial charge in [-0.05, 0) is 110 Å². The lowest BCUT2D eigenvalue weighted by atomic mass is 9.67. The van der Waals surface area contributed by atoms with Gasteiger partial charge in [0.05, 0.1) is 18.0 Å². The second-order valence-corrected chi connectivity index (χ2v) is 14.1. The highest BCUT2D eigenvalue weighted by Gasteiger charge is 2.63. The molecule has 6 N–H and O–H groups in total. The molecule has 1 saturated heterocycles. The van der Waals surface area contributed by atoms with Gasteiger partial charge in [0.1, 0.15) is 6.04 Å². The molecule has 3 aromatic carbocycles. The summed E-state index contributed by atoms with van der Waals surface area (Å²) < 4.78 is 0. The number of carbonyl (C=O) groups is 2. The predicted molar refractivity (Wildman–Crippen MR) is 185 cm³/mol. The lowest BCUT2D eigenvalue weighted by Gasteiger charge is -2.38. The van der Waals surface area contributed by atoms with Crippen molar-refractivity contribution in [2.45, 2.75) is 75.4 Å². The normalized spacial score (nSPS) is 24.1. The van der Waals surface area contributed by atoms with E-state index in [0.717, 1.165) is 51.8 Å². The number of nitrogens with zero attached hydrogens (tertiary/aromatic N) is 5. The molecule has 0 bridgehead atoms. The third kappa shape index (κ3) is 5.66. The zero-order valence-corrected chi connectivity index (χ0v) is 27.9. The molecule has 2 aliphatic carbocycles. The Bertz CT molecular complexity index is 1920. The zero-order valence-electron chi connectivity index (χ0n) is 27.9. The number of hydrogen-bond acceptors (Lipinski definition) is 8. The predicted octanol–water partition coefficient (Wildman–Crippen LogP) is 3.46. The van der Waals surface area contributed by atoms with Crippen LogP contribution in [-0.4, -0.2) is 61.5 Å². The second-order valence-electron chi connectivity index (χ2n) is 14.1. The van der Waals surface area contributed by atoms with E-state index < -0.39 is 17.4 Å². The Morgan fingerprint density at radius 1 is 1.08 bits per heavy atom. The molecule has 5 atom stereocenters. The minimum absolute atomic E-state index is 0.0737. The van der Waals surface area contributed by atoms with Crippen molar-refractivity contribution >= 4 is 17.5 Å². The lowest BCUT2D eigenvalue weighted by molar-refractivity contribution is -0.133. The van der Waals surface area contributed by atoms with E-state index in [1.54, 1.807) is 6.07 Å². The van der Waals surface area contributed by atoms with Crippen LogP contribution in [0.5, 0.6) is 0 Å². The topological polar surface area (TPSA) is 180 Å². The first-order valence-corrected chi connectivity index (χ1v) is 16.8. The summed E-state index contributed by atoms with van der Waals surface area (Å²) in [5, 5.41) is 29.5. The molecule has 49 heavy (non-hydrogen) atoms. The van der Waals surface area contributed by atoms with Gasteiger partial charge in [0.2, 0.25) is 11.8 Å². The zero-order chi connectivity index (χ0) is 34.5. The number of rotatable bonds is 10. The van der Waals surface area contributed by atoms with Crippen LogP contribution in [-0.2, 0) is 29.5 Å². The molecular weight excluding hydrogens is 614 g/mol. The maximum atomic E-state index is 13.9. The number of aryl methyl sites for hydroxylation is 3. The highest BCUT2D eigenvalue weighted by atomic mass is 16.2. The number of nitriles is 1. The van der Waals surface area contributed by atoms with Crippen LogP contribution >= 0.6 is 0 Å². The van der Waals surface area contributed by atoms with Crippen molar-refractivity contribution in [1.29, 1.82) is 5.26 Å². The number of likely N-dealkylation sites (tertiary alicyclic amines) is 1. The Labute approximate surface area is 285 Å². The van der Waals surface area contributed by atoms with Crippen molar-refractivity contribution in [1.82, 2.24) is 30.8 Å². The molecule has 11 nitrogen and oxygen atoms in total. The van der Waals surface area contributed by atoms with Crippen molar-refractivity contribution in [3.8, 4) is 6.07 Å². The summed E-state index contributed by atoms with van der Waals surface area (Å²) in [5.41, 5.74) is 18.7. The summed E-state index contributed by atoms with van der Waals surface area (Å²) in [6.45, 7) is 8.20. The fourth-order valence-corrected chi connectivity index (χ4v) is 8.38. The van der Waals surface area contributed by atoms with E-state index >= 15 is 0 Å². The number of nitrogens with one attached hydrogen (secondary N) is 2. The Hall–Kier alpha value is -5.34. The SMILES string of the molecule is C=C(N)c1ccc2c(c1)CCc1cc(C(N)=O)ccc1C2(C[C@@H](Cc1ccc(C)cc1)NCC(=O)N1C(C#N)C[C@H]2C[C@]21C)c1nn[nH]n1. The van der Waals surface area contributed by atoms with Crippen molar-refractivity contribution in [3.05, 3.63) is 118 Å². The van der Waals surface area contributed by atoms with E-state index in [1.165, 1.54) is 0 Å². The van der Waals surface area contributed by atoms with Gasteiger partial charge in [-0.1, -0.05) is 59.8 Å². The molecule has 1 aliphatic heterocycles. The highest BCUT2D eigenvalue weighted by Crippen LogP contribution is 2.57. The Morgan fingerprint density at radius 2 is 1.76 bits per heavy atom. The number of amides is 2. The minimum atomic E-state index is -0.944. The molecule has 11 heteroatoms. The van der Waals surface area contributed by atoms with Gasteiger partial charge in [-0.15, -0.1) is 10.2 Å². The summed E-state index contributed by atoms with van der Waals surface area (Å²) in [7, 11) is 0. The number of tetrazole rings is 1. The first kappa shape index (κ1) is 32.2. The molecule has 2 unspecified atom stereocenters. The fraction of sp³-hybridized carbons (Fsp3) is 0.368. The van der Waals surface area contributed by atoms with E-state index in [-0.39, 0.29) is 24.0 Å². The van der Waals surface area contributed by atoms with Gasteiger partial charge in [0.25, 0.3) is 0 Å². The second kappa shape index (κ2) is 12.3. The van der Waals surface area contributed by atoms with Crippen LogP contribution in [0, 0.1) is 24.2 Å². The summed E-state index contributed by atoms with van der Waals surface area (Å²) >= 11 is 0. The van der Waals surface area contributed by atoms with Gasteiger partial charge in [-0.2, -0.15) is 10.5 Å². The van der Waals surface area contributed by atoms with Crippen LogP contribution < -0.4 is 16.8 Å². The summed E-state index contributed by atoms with van der Waals surface area (Å²) in [4.78, 5) is 28.1. The van der Waals surface area contributed by atoms with Crippen molar-refractivity contribution in [3.63, 3.8) is 0 Å². The van der Waals surface area contributed by atoms with Crippen molar-refractivity contribution in [2.75, 3.05) is 6.54 Å². The van der Waals surface area contributed by atoms with Gasteiger partial charge in [0, 0.05) is 22.8 Å². The maximum absolute atomic E-state index is 13.9. The summed E-state index contributed by atoms with van der Waals surface area (Å²) in [5.74, 6) is 0.278. The monoisotopic (exact) mass is 655 g/mol. The number of aromatic nitrogens is 4. The number of hydrogen-bond donors (Lipinski definition) is 4. The van der Waals surface area contributed by atoms with Gasteiger partial charge in [0.15, 0.2) is 5.82 Å². The summed E-state index contributed by atoms with van der Waals surface area (Å²) in [6.07, 6.45) is 4.03. The standard InChI is InChI=1S/C38H41N9O2/c1-22-4-6-24(7-5-22)14-30(42-21-34(48)47-31(20-39)17-29-18-37(29,47)3)19-38(36-43-45-46-44-36)32-12-10-25(23(2)40)15-26(32)8-9-27-16-28(35(41)49)11-13-33(27)38/h4-7,10-13,15-16,29-31,42H,2,8-9,14,17-19,21,40H2,1,3H3,(H2,41,49)(H,43,44,45,46)/t29-,30+,31?,37+,38?/m0/s1. The van der Waals surface area contributed by atoms with E-state index in [0.29, 0.717) is 48.7 Å². The molecule has 2 heterocycles. The lowest BCUT2D eigenvalue weighted by Crippen LogP contribution is -2.50. The molecule has 1 aromatic heterocycles. The molecule has 0 spiro atoms. The van der Waals surface area contributed by atoms with E-state index in [2.05, 4.69) is 88.8 Å². The average molecular weight is 656 g/mol. The first-order chi connectivity index (χ1) is 23.5. The fourth-order valence-electron chi connectivity index (χ4n) is 8.38. The molecule has 0 radical (unpaired) electrons. The molecule has 250 valence electrons. The molecule has 4 aromatic rings. The Kier molecular flexibility index (Phi) is 8.07.